The predicted octanol–water partition coefficient (Wildman–Crippen LogP) is 4.42. The maximum Gasteiger partial charge on any atom is 0.240 e. The number of nitrogens with zero attached hydrogens (tertiary/aromatic N) is 2. The number of nitrogens with one attached hydrogen (secondary N) is 2. The summed E-state index contributed by atoms with van der Waals surface area (Å²) in [5.41, 5.74) is 1.77. The second kappa shape index (κ2) is 10.2. The summed E-state index contributed by atoms with van der Waals surface area (Å²) in [5, 5.41) is 5.41. The molecule has 33 heavy (non-hydrogen) atoms. The minimum atomic E-state index is -1.18. The van der Waals surface area contributed by atoms with Gasteiger partial charge in [-0.05, 0) is 41.1 Å². The third kappa shape index (κ3) is 5.82. The van der Waals surface area contributed by atoms with Crippen molar-refractivity contribution in [1.29, 1.82) is 0 Å². The molecule has 7 nitrogen and oxygen atoms in total. The van der Waals surface area contributed by atoms with Gasteiger partial charge in [-0.25, -0.2) is 14.4 Å². The molecule has 0 fully saturated rings. The first-order valence-corrected chi connectivity index (χ1v) is 12.4. The summed E-state index contributed by atoms with van der Waals surface area (Å²) in [6.07, 6.45) is 3.04. The van der Waals surface area contributed by atoms with E-state index in [-0.39, 0.29) is 29.1 Å². The number of amides is 1. The number of thiophene rings is 1. The maximum absolute atomic E-state index is 14.7. The van der Waals surface area contributed by atoms with Crippen LogP contribution in [0.25, 0.3) is 10.2 Å². The van der Waals surface area contributed by atoms with Crippen LogP contribution in [-0.2, 0) is 22.4 Å². The average Bonchev–Trinajstić information content (AvgIpc) is 3.22. The van der Waals surface area contributed by atoms with Crippen molar-refractivity contribution < 1.29 is 18.5 Å². The highest BCUT2D eigenvalue weighted by Gasteiger charge is 2.17. The number of anilines is 1. The van der Waals surface area contributed by atoms with Gasteiger partial charge in [-0.1, -0.05) is 41.7 Å². The summed E-state index contributed by atoms with van der Waals surface area (Å²) in [6.45, 7) is 0. The van der Waals surface area contributed by atoms with E-state index in [0.29, 0.717) is 20.1 Å². The van der Waals surface area contributed by atoms with Crippen molar-refractivity contribution in [2.24, 2.45) is 0 Å². The Morgan fingerprint density at radius 1 is 1.21 bits per heavy atom. The van der Waals surface area contributed by atoms with Crippen LogP contribution in [0.5, 0.6) is 11.6 Å². The Hall–Kier alpha value is -3.12. The molecule has 0 aliphatic heterocycles. The first-order valence-electron chi connectivity index (χ1n) is 9.59. The highest BCUT2D eigenvalue weighted by atomic mass is 32.2. The van der Waals surface area contributed by atoms with Crippen LogP contribution in [0.2, 0.25) is 0 Å². The minimum absolute atomic E-state index is 0.0489. The topological polar surface area (TPSA) is 99.2 Å². The number of hydrogen-bond donors (Lipinski definition) is 2. The number of ether oxygens (including phenoxy) is 1. The molecule has 2 aromatic carbocycles. The van der Waals surface area contributed by atoms with Gasteiger partial charge in [0.2, 0.25) is 16.0 Å². The van der Waals surface area contributed by atoms with Crippen LogP contribution in [0.4, 0.5) is 10.1 Å². The highest BCUT2D eigenvalue weighted by Crippen LogP contribution is 2.36. The zero-order chi connectivity index (χ0) is 23.4. The van der Waals surface area contributed by atoms with Crippen LogP contribution in [0.1, 0.15) is 5.56 Å². The van der Waals surface area contributed by atoms with Crippen molar-refractivity contribution >= 4 is 61.7 Å². The number of carbonyl (C=O) groups is 1. The number of fused-ring (bicyclic) bond motifs is 1. The molecule has 0 spiro atoms. The van der Waals surface area contributed by atoms with Gasteiger partial charge in [0.25, 0.3) is 0 Å². The van der Waals surface area contributed by atoms with E-state index in [1.807, 2.05) is 30.3 Å². The first kappa shape index (κ1) is 23.1. The lowest BCUT2D eigenvalue weighted by Gasteiger charge is -2.11. The molecule has 2 heterocycles. The molecular weight excluding hydrogens is 483 g/mol. The van der Waals surface area contributed by atoms with Crippen LogP contribution in [0.3, 0.4) is 0 Å². The van der Waals surface area contributed by atoms with Crippen LogP contribution < -0.4 is 15.4 Å². The third-order valence-corrected chi connectivity index (χ3v) is 7.15. The molecule has 2 N–H and O–H groups in total. The number of aromatic nitrogens is 2. The average molecular weight is 501 g/mol. The molecule has 0 aliphatic rings. The van der Waals surface area contributed by atoms with Gasteiger partial charge in [0.05, 0.1) is 11.9 Å². The van der Waals surface area contributed by atoms with Crippen molar-refractivity contribution in [3.05, 3.63) is 72.3 Å². The van der Waals surface area contributed by atoms with Crippen molar-refractivity contribution in [1.82, 2.24) is 15.3 Å². The zero-order valence-electron chi connectivity index (χ0n) is 17.2. The molecule has 4 aromatic rings. The van der Waals surface area contributed by atoms with Gasteiger partial charge >= 0.3 is 0 Å². The van der Waals surface area contributed by atoms with Crippen LogP contribution in [0, 0.1) is 5.82 Å². The first-order chi connectivity index (χ1) is 15.9. The molecular formula is C22H17FN4O3S3. The summed E-state index contributed by atoms with van der Waals surface area (Å²) in [4.78, 5) is 20.3. The van der Waals surface area contributed by atoms with E-state index in [0.717, 1.165) is 5.56 Å². The molecule has 2 aromatic heterocycles. The Labute approximate surface area is 201 Å². The van der Waals surface area contributed by atoms with E-state index in [9.17, 15) is 13.7 Å². The number of halogens is 1. The Bertz CT molecular complexity index is 1310. The maximum atomic E-state index is 14.7. The van der Waals surface area contributed by atoms with E-state index in [4.69, 9.17) is 17.0 Å². The third-order valence-electron chi connectivity index (χ3n) is 4.40. The van der Waals surface area contributed by atoms with E-state index in [2.05, 4.69) is 20.6 Å². The minimum Gasteiger partial charge on any atom is -0.611 e. The second-order valence-corrected chi connectivity index (χ2v) is 9.89. The molecule has 168 valence electrons. The monoisotopic (exact) mass is 500 g/mol. The molecule has 0 bridgehead atoms. The normalized spacial score (nSPS) is 11.7. The van der Waals surface area contributed by atoms with Gasteiger partial charge in [0, 0.05) is 17.8 Å². The van der Waals surface area contributed by atoms with E-state index in [1.165, 1.54) is 29.8 Å². The molecule has 11 heteroatoms. The van der Waals surface area contributed by atoms with Crippen molar-refractivity contribution in [2.45, 2.75) is 10.6 Å². The Balaban J connectivity index is 1.41. The lowest BCUT2D eigenvalue weighted by molar-refractivity contribution is -0.119. The Morgan fingerprint density at radius 3 is 2.73 bits per heavy atom. The summed E-state index contributed by atoms with van der Waals surface area (Å²) in [7, 11) is 0. The van der Waals surface area contributed by atoms with Gasteiger partial charge in [0.15, 0.2) is 16.7 Å². The number of carbonyl (C=O) groups excluding carboxylic acids is 1. The zero-order valence-corrected chi connectivity index (χ0v) is 19.7. The standard InChI is InChI=1S/C22H17FN4O3S3/c1-33(29)19-11-16-20(32-19)21(25-12-24-16)30-17-8-7-14(10-15(17)23)26-22(31)27-18(28)9-13-5-3-2-4-6-13/h2-8,10-12H,9H2,1H3,(H2,26,27,28,31). The van der Waals surface area contributed by atoms with Crippen LogP contribution in [0.15, 0.2) is 65.1 Å². The van der Waals surface area contributed by atoms with Crippen LogP contribution >= 0.6 is 23.6 Å². The van der Waals surface area contributed by atoms with Crippen molar-refractivity contribution in [2.75, 3.05) is 11.6 Å². The quantitative estimate of drug-likeness (QED) is 0.299. The molecule has 1 unspecified atom stereocenters. The molecule has 0 aliphatic carbocycles. The second-order valence-electron chi connectivity index (χ2n) is 6.82. The van der Waals surface area contributed by atoms with Crippen LogP contribution in [-0.4, -0.2) is 31.8 Å². The molecule has 1 amide bonds. The largest absolute Gasteiger partial charge is 0.611 e. The highest BCUT2D eigenvalue weighted by molar-refractivity contribution is 7.92. The fraction of sp³-hybridized carbons (Fsp3) is 0.0909. The fourth-order valence-electron chi connectivity index (χ4n) is 2.91. The van der Waals surface area contributed by atoms with Gasteiger partial charge in [-0.3, -0.25) is 4.79 Å². The number of thiocarbonyl (C=S) groups is 1. The summed E-state index contributed by atoms with van der Waals surface area (Å²) in [6, 6.07) is 15.1. The number of hydrogen-bond acceptors (Lipinski definition) is 7. The van der Waals surface area contributed by atoms with Gasteiger partial charge in [-0.15, -0.1) is 0 Å². The fourth-order valence-corrected chi connectivity index (χ4v) is 4.90. The summed E-state index contributed by atoms with van der Waals surface area (Å²) >= 11 is 5.21. The molecule has 0 saturated carbocycles. The van der Waals surface area contributed by atoms with Crippen molar-refractivity contribution in [3.63, 3.8) is 0 Å². The SMILES string of the molecule is C[S+]([O-])c1cc2ncnc(Oc3ccc(NC(=S)NC(=O)Cc4ccccc4)cc3F)c2s1. The van der Waals surface area contributed by atoms with E-state index in [1.54, 1.807) is 18.4 Å². The molecule has 0 saturated heterocycles. The van der Waals surface area contributed by atoms with Crippen molar-refractivity contribution in [3.8, 4) is 11.6 Å². The van der Waals surface area contributed by atoms with Gasteiger partial charge in [0.1, 0.15) is 17.3 Å². The van der Waals surface area contributed by atoms with E-state index >= 15 is 0 Å². The number of rotatable bonds is 6. The number of benzene rings is 2. The molecule has 1 atom stereocenters. The lowest BCUT2D eigenvalue weighted by atomic mass is 10.1. The van der Waals surface area contributed by atoms with Gasteiger partial charge in [-0.2, -0.15) is 0 Å². The molecule has 4 rings (SSSR count). The molecule has 0 radical (unpaired) electrons. The summed E-state index contributed by atoms with van der Waals surface area (Å²) < 4.78 is 33.3. The van der Waals surface area contributed by atoms with E-state index < -0.39 is 17.0 Å². The Kier molecular flexibility index (Phi) is 7.14. The summed E-state index contributed by atoms with van der Waals surface area (Å²) in [5.74, 6) is -0.812. The Morgan fingerprint density at radius 2 is 2.00 bits per heavy atom. The van der Waals surface area contributed by atoms with Gasteiger partial charge < -0.3 is 19.9 Å². The predicted molar refractivity (Wildman–Crippen MR) is 131 cm³/mol. The smallest absolute Gasteiger partial charge is 0.240 e. The lowest BCUT2D eigenvalue weighted by Crippen LogP contribution is -2.35.